The molecule has 0 aromatic carbocycles. The SMILES string of the molecule is O=c1[nH]c(=S)ccn1[C@@H]1O[C@H](COP(=O)(O)O)[C@@H](O)[C@H]1O. The zero-order valence-electron chi connectivity index (χ0n) is 10.4. The summed E-state index contributed by atoms with van der Waals surface area (Å²) in [6.45, 7) is -0.642. The highest BCUT2D eigenvalue weighted by Gasteiger charge is 2.44. The smallest absolute Gasteiger partial charge is 0.387 e. The highest BCUT2D eigenvalue weighted by Crippen LogP contribution is 2.38. The van der Waals surface area contributed by atoms with Gasteiger partial charge in [0.2, 0.25) is 0 Å². The number of nitrogens with zero attached hydrogens (tertiary/aromatic N) is 1. The van der Waals surface area contributed by atoms with Crippen LogP contribution in [0.25, 0.3) is 0 Å². The first kappa shape index (κ1) is 16.5. The molecule has 1 fully saturated rings. The molecule has 0 spiro atoms. The molecule has 5 N–H and O–H groups in total. The Morgan fingerprint density at radius 2 is 2.10 bits per heavy atom. The second-order valence-corrected chi connectivity index (χ2v) is 6.03. The molecule has 1 aliphatic heterocycles. The highest BCUT2D eigenvalue weighted by atomic mass is 32.1. The van der Waals surface area contributed by atoms with Gasteiger partial charge in [-0.1, -0.05) is 12.2 Å². The second-order valence-electron chi connectivity index (χ2n) is 4.35. The van der Waals surface area contributed by atoms with Crippen molar-refractivity contribution in [3.63, 3.8) is 0 Å². The molecule has 1 saturated heterocycles. The third-order valence-electron chi connectivity index (χ3n) is 2.87. The first-order valence-corrected chi connectivity index (χ1v) is 7.66. The van der Waals surface area contributed by atoms with E-state index in [1.165, 1.54) is 12.3 Å². The number of hydrogen-bond acceptors (Lipinski definition) is 7. The average molecular weight is 340 g/mol. The number of aliphatic hydroxyl groups is 2. The average Bonchev–Trinajstić information content (AvgIpc) is 2.64. The fraction of sp³-hybridized carbons (Fsp3) is 0.556. The highest BCUT2D eigenvalue weighted by molar-refractivity contribution is 7.71. The minimum absolute atomic E-state index is 0.186. The molecule has 0 saturated carbocycles. The lowest BCUT2D eigenvalue weighted by atomic mass is 10.1. The van der Waals surface area contributed by atoms with Crippen molar-refractivity contribution in [3.8, 4) is 0 Å². The fourth-order valence-electron chi connectivity index (χ4n) is 1.89. The van der Waals surface area contributed by atoms with E-state index in [1.54, 1.807) is 0 Å². The van der Waals surface area contributed by atoms with Crippen LogP contribution in [-0.4, -0.2) is 54.5 Å². The van der Waals surface area contributed by atoms with Crippen molar-refractivity contribution in [3.05, 3.63) is 27.4 Å². The van der Waals surface area contributed by atoms with Crippen LogP contribution in [-0.2, 0) is 13.8 Å². The van der Waals surface area contributed by atoms with E-state index in [0.29, 0.717) is 0 Å². The molecule has 2 rings (SSSR count). The third-order valence-corrected chi connectivity index (χ3v) is 3.59. The molecule has 4 atom stereocenters. The van der Waals surface area contributed by atoms with Gasteiger partial charge in [-0.15, -0.1) is 0 Å². The molecule has 1 aromatic rings. The van der Waals surface area contributed by atoms with Gasteiger partial charge >= 0.3 is 13.5 Å². The molecule has 0 unspecified atom stereocenters. The summed E-state index contributed by atoms with van der Waals surface area (Å²) in [5.41, 5.74) is -0.657. The lowest BCUT2D eigenvalue weighted by Gasteiger charge is -2.16. The Labute approximate surface area is 122 Å². The number of phosphoric acid groups is 1. The zero-order chi connectivity index (χ0) is 15.8. The summed E-state index contributed by atoms with van der Waals surface area (Å²) in [5, 5.41) is 19.7. The molecule has 0 amide bonds. The van der Waals surface area contributed by atoms with Gasteiger partial charge in [-0.2, -0.15) is 0 Å². The molecule has 21 heavy (non-hydrogen) atoms. The van der Waals surface area contributed by atoms with Gasteiger partial charge in [0.05, 0.1) is 6.61 Å². The van der Waals surface area contributed by atoms with Gasteiger partial charge in [0, 0.05) is 6.20 Å². The van der Waals surface area contributed by atoms with Crippen molar-refractivity contribution in [2.45, 2.75) is 24.5 Å². The van der Waals surface area contributed by atoms with Crippen molar-refractivity contribution < 1.29 is 33.8 Å². The van der Waals surface area contributed by atoms with Crippen LogP contribution in [0.4, 0.5) is 0 Å². The Bertz CT molecular complexity index is 668. The van der Waals surface area contributed by atoms with Gasteiger partial charge < -0.3 is 24.7 Å². The van der Waals surface area contributed by atoms with Crippen LogP contribution in [0, 0.1) is 4.64 Å². The van der Waals surface area contributed by atoms with Gasteiger partial charge in [-0.05, 0) is 6.07 Å². The normalized spacial score (nSPS) is 29.7. The number of hydrogen-bond donors (Lipinski definition) is 5. The van der Waals surface area contributed by atoms with E-state index >= 15 is 0 Å². The largest absolute Gasteiger partial charge is 0.469 e. The molecule has 10 nitrogen and oxygen atoms in total. The summed E-state index contributed by atoms with van der Waals surface area (Å²) in [7, 11) is -4.73. The second kappa shape index (κ2) is 6.07. The molecule has 1 aromatic heterocycles. The van der Waals surface area contributed by atoms with E-state index in [4.69, 9.17) is 26.7 Å². The maximum Gasteiger partial charge on any atom is 0.469 e. The van der Waals surface area contributed by atoms with E-state index < -0.39 is 44.7 Å². The number of aromatic amines is 1. The summed E-state index contributed by atoms with van der Waals surface area (Å²) in [4.78, 5) is 31.2. The summed E-state index contributed by atoms with van der Waals surface area (Å²) < 4.78 is 21.2. The van der Waals surface area contributed by atoms with Crippen LogP contribution < -0.4 is 5.69 Å². The predicted octanol–water partition coefficient (Wildman–Crippen LogP) is -1.37. The standard InChI is InChI=1S/C9H13N2O8PS/c12-6-4(3-18-20(15,16)17)19-8(7(6)13)11-2-1-5(21)10-9(11)14/h1-2,4,6-8,12-13H,3H2,(H,10,14,21)(H2,15,16,17)/t4-,6-,7-,8-/m1/s1. The number of H-pyrrole nitrogens is 1. The first-order chi connectivity index (χ1) is 9.69. The minimum Gasteiger partial charge on any atom is -0.387 e. The van der Waals surface area contributed by atoms with Gasteiger partial charge in [-0.3, -0.25) is 14.1 Å². The van der Waals surface area contributed by atoms with Crippen LogP contribution in [0.3, 0.4) is 0 Å². The van der Waals surface area contributed by atoms with Crippen LogP contribution in [0.1, 0.15) is 6.23 Å². The van der Waals surface area contributed by atoms with E-state index in [1.807, 2.05) is 0 Å². The Balaban J connectivity index is 2.18. The lowest BCUT2D eigenvalue weighted by molar-refractivity contribution is -0.0542. The fourth-order valence-corrected chi connectivity index (χ4v) is 2.38. The molecular formula is C9H13N2O8PS. The number of aliphatic hydroxyl groups excluding tert-OH is 2. The Kier molecular flexibility index (Phi) is 4.76. The molecule has 118 valence electrons. The summed E-state index contributed by atoms with van der Waals surface area (Å²) in [5.74, 6) is 0. The summed E-state index contributed by atoms with van der Waals surface area (Å²) >= 11 is 4.76. The number of phosphoric ester groups is 1. The lowest BCUT2D eigenvalue weighted by Crippen LogP contribution is -2.36. The molecule has 0 aliphatic carbocycles. The number of ether oxygens (including phenoxy) is 1. The van der Waals surface area contributed by atoms with Gasteiger partial charge in [0.15, 0.2) is 6.23 Å². The van der Waals surface area contributed by atoms with Crippen LogP contribution >= 0.6 is 20.0 Å². The van der Waals surface area contributed by atoms with Gasteiger partial charge in [0.25, 0.3) is 0 Å². The maximum absolute atomic E-state index is 11.7. The molecule has 2 heterocycles. The summed E-state index contributed by atoms with van der Waals surface area (Å²) in [6.07, 6.45) is -4.11. The van der Waals surface area contributed by atoms with E-state index in [-0.39, 0.29) is 4.64 Å². The van der Waals surface area contributed by atoms with E-state index in [0.717, 1.165) is 4.57 Å². The monoisotopic (exact) mass is 340 g/mol. The molecule has 0 radical (unpaired) electrons. The number of rotatable bonds is 4. The first-order valence-electron chi connectivity index (χ1n) is 5.72. The molecule has 1 aliphatic rings. The Morgan fingerprint density at radius 3 is 2.67 bits per heavy atom. The Morgan fingerprint density at radius 1 is 1.43 bits per heavy atom. The topological polar surface area (TPSA) is 154 Å². The van der Waals surface area contributed by atoms with Crippen molar-refractivity contribution in [1.82, 2.24) is 9.55 Å². The van der Waals surface area contributed by atoms with Crippen molar-refractivity contribution in [1.29, 1.82) is 0 Å². The van der Waals surface area contributed by atoms with E-state index in [2.05, 4.69) is 9.51 Å². The van der Waals surface area contributed by atoms with E-state index in [9.17, 15) is 19.6 Å². The van der Waals surface area contributed by atoms with Crippen LogP contribution in [0.2, 0.25) is 0 Å². The number of nitrogens with one attached hydrogen (secondary N) is 1. The molecule has 0 bridgehead atoms. The Hall–Kier alpha value is -0.910. The predicted molar refractivity (Wildman–Crippen MR) is 69.8 cm³/mol. The number of aromatic nitrogens is 2. The maximum atomic E-state index is 11.7. The zero-order valence-corrected chi connectivity index (χ0v) is 12.1. The minimum atomic E-state index is -4.73. The molecule has 12 heteroatoms. The van der Waals surface area contributed by atoms with Crippen LogP contribution in [0.15, 0.2) is 17.1 Å². The summed E-state index contributed by atoms with van der Waals surface area (Å²) in [6, 6.07) is 1.39. The van der Waals surface area contributed by atoms with Crippen LogP contribution in [0.5, 0.6) is 0 Å². The third kappa shape index (κ3) is 3.84. The van der Waals surface area contributed by atoms with Crippen molar-refractivity contribution in [2.75, 3.05) is 6.61 Å². The van der Waals surface area contributed by atoms with Crippen molar-refractivity contribution >= 4 is 20.0 Å². The van der Waals surface area contributed by atoms with Gasteiger partial charge in [-0.25, -0.2) is 9.36 Å². The van der Waals surface area contributed by atoms with Gasteiger partial charge in [0.1, 0.15) is 23.0 Å². The molecular weight excluding hydrogens is 327 g/mol. The quantitative estimate of drug-likeness (QED) is 0.330. The van der Waals surface area contributed by atoms with Crippen molar-refractivity contribution in [2.24, 2.45) is 0 Å².